The quantitative estimate of drug-likeness (QED) is 0.434. The molecule has 0 aromatic heterocycles. The molecule has 2 fully saturated rings. The second-order valence-electron chi connectivity index (χ2n) is 9.74. The van der Waals surface area contributed by atoms with Gasteiger partial charge in [0.1, 0.15) is 6.42 Å². The number of amides is 2. The summed E-state index contributed by atoms with van der Waals surface area (Å²) in [7, 11) is 1.33. The van der Waals surface area contributed by atoms with Crippen molar-refractivity contribution in [1.82, 2.24) is 10.2 Å². The first-order valence-corrected chi connectivity index (χ1v) is 12.8. The third-order valence-electron chi connectivity index (χ3n) is 6.97. The van der Waals surface area contributed by atoms with Gasteiger partial charge in [-0.05, 0) is 68.5 Å². The largest absolute Gasteiger partial charge is 0.467 e. The molecule has 8 heteroatoms. The lowest BCUT2D eigenvalue weighted by molar-refractivity contribution is -0.154. The fraction of sp³-hybridized carbons (Fsp3) is 0.464. The van der Waals surface area contributed by atoms with Crippen LogP contribution in [-0.2, 0) is 25.7 Å². The molecule has 8 nitrogen and oxygen atoms in total. The highest BCUT2D eigenvalue weighted by Crippen LogP contribution is 2.25. The molecule has 2 N–H and O–H groups in total. The van der Waals surface area contributed by atoms with Gasteiger partial charge in [0, 0.05) is 37.6 Å². The van der Waals surface area contributed by atoms with Gasteiger partial charge in [-0.15, -0.1) is 0 Å². The van der Waals surface area contributed by atoms with Crippen LogP contribution in [0.1, 0.15) is 44.1 Å². The first kappa shape index (κ1) is 25.7. The van der Waals surface area contributed by atoms with Gasteiger partial charge < -0.3 is 20.3 Å². The van der Waals surface area contributed by atoms with Gasteiger partial charge in [-0.3, -0.25) is 14.5 Å². The van der Waals surface area contributed by atoms with Crippen LogP contribution in [-0.4, -0.2) is 61.5 Å². The molecule has 0 aliphatic carbocycles. The van der Waals surface area contributed by atoms with Gasteiger partial charge in [-0.25, -0.2) is 4.79 Å². The van der Waals surface area contributed by atoms with E-state index in [9.17, 15) is 14.4 Å². The number of carbonyl (C=O) groups is 3. The Bertz CT molecular complexity index is 1040. The lowest BCUT2D eigenvalue weighted by Gasteiger charge is -2.41. The Labute approximate surface area is 213 Å². The maximum atomic E-state index is 12.9. The lowest BCUT2D eigenvalue weighted by atomic mass is 9.88. The second-order valence-corrected chi connectivity index (χ2v) is 9.74. The van der Waals surface area contributed by atoms with E-state index in [1.165, 1.54) is 26.4 Å². The zero-order valence-electron chi connectivity index (χ0n) is 21.0. The number of benzene rings is 2. The van der Waals surface area contributed by atoms with E-state index in [0.717, 1.165) is 37.3 Å². The molecule has 0 bridgehead atoms. The second kappa shape index (κ2) is 12.0. The van der Waals surface area contributed by atoms with Gasteiger partial charge in [0.2, 0.25) is 11.8 Å². The van der Waals surface area contributed by atoms with E-state index >= 15 is 0 Å². The Morgan fingerprint density at radius 2 is 1.61 bits per heavy atom. The summed E-state index contributed by atoms with van der Waals surface area (Å²) in [5.74, 6) is -1.40. The molecule has 0 radical (unpaired) electrons. The third-order valence-corrected chi connectivity index (χ3v) is 6.97. The average Bonchev–Trinajstić information content (AvgIpc) is 2.89. The van der Waals surface area contributed by atoms with Crippen LogP contribution >= 0.6 is 0 Å². The topological polar surface area (TPSA) is 91.0 Å². The molecule has 0 spiro atoms. The summed E-state index contributed by atoms with van der Waals surface area (Å²) in [5, 5.41) is 5.64. The Balaban J connectivity index is 1.33. The van der Waals surface area contributed by atoms with Crippen molar-refractivity contribution in [3.05, 3.63) is 60.2 Å². The summed E-state index contributed by atoms with van der Waals surface area (Å²) in [6, 6.07) is 17.7. The van der Waals surface area contributed by atoms with Gasteiger partial charge in [-0.2, -0.15) is 0 Å². The van der Waals surface area contributed by atoms with Crippen molar-refractivity contribution in [3.8, 4) is 0 Å². The van der Waals surface area contributed by atoms with Crippen LogP contribution in [0, 0.1) is 0 Å². The van der Waals surface area contributed by atoms with Crippen LogP contribution in [0.3, 0.4) is 0 Å². The van der Waals surface area contributed by atoms with Crippen molar-refractivity contribution in [1.29, 1.82) is 0 Å². The summed E-state index contributed by atoms with van der Waals surface area (Å²) in [5.41, 5.74) is 1.75. The number of carbonyl (C=O) groups excluding carboxylic acids is 3. The summed E-state index contributed by atoms with van der Waals surface area (Å²) in [4.78, 5) is 42.7. The van der Waals surface area contributed by atoms with E-state index in [-0.39, 0.29) is 6.42 Å². The van der Waals surface area contributed by atoms with Crippen LogP contribution < -0.4 is 15.5 Å². The lowest BCUT2D eigenvalue weighted by Crippen LogP contribution is -2.63. The molecule has 2 amide bonds. The minimum atomic E-state index is -1.17. The Hall–Kier alpha value is -3.39. The molecule has 2 aromatic rings. The number of piperidine rings is 2. The highest BCUT2D eigenvalue weighted by molar-refractivity contribution is 6.04. The number of esters is 1. The van der Waals surface area contributed by atoms with Crippen molar-refractivity contribution in [2.45, 2.75) is 50.6 Å². The first-order chi connectivity index (χ1) is 17.5. The third kappa shape index (κ3) is 6.63. The molecule has 0 saturated carbocycles. The van der Waals surface area contributed by atoms with Crippen LogP contribution in [0.25, 0.3) is 0 Å². The van der Waals surface area contributed by atoms with E-state index in [4.69, 9.17) is 4.74 Å². The molecule has 2 aromatic carbocycles. The minimum Gasteiger partial charge on any atom is -0.467 e. The van der Waals surface area contributed by atoms with Gasteiger partial charge in [0.15, 0.2) is 5.54 Å². The van der Waals surface area contributed by atoms with Crippen molar-refractivity contribution < 1.29 is 19.1 Å². The van der Waals surface area contributed by atoms with E-state index in [0.29, 0.717) is 25.2 Å². The number of rotatable bonds is 8. The minimum absolute atomic E-state index is 0.333. The standard InChI is InChI=1S/C28H36N4O4/c1-36-27(35)28(15-8-16-31(21-28)20-22-9-4-2-5-10-22)30-26(34)19-25(33)29-23-11-13-24(14-12-23)32-17-6-3-7-18-32/h2,4-5,9-14H,3,6-8,15-21H2,1H3,(H,29,33)(H,30,34). The maximum Gasteiger partial charge on any atom is 0.332 e. The number of hydrogen-bond acceptors (Lipinski definition) is 6. The molecule has 4 rings (SSSR count). The van der Waals surface area contributed by atoms with E-state index < -0.39 is 23.3 Å². The SMILES string of the molecule is COC(=O)C1(NC(=O)CC(=O)Nc2ccc(N3CCCCC3)cc2)CCCN(Cc2ccccc2)C1. The summed E-state index contributed by atoms with van der Waals surface area (Å²) < 4.78 is 5.07. The van der Waals surface area contributed by atoms with Crippen molar-refractivity contribution >= 4 is 29.2 Å². The zero-order chi connectivity index (χ0) is 25.4. The molecular formula is C28H36N4O4. The Kier molecular flexibility index (Phi) is 8.59. The summed E-state index contributed by atoms with van der Waals surface area (Å²) in [6.07, 6.45) is 4.50. The van der Waals surface area contributed by atoms with Crippen molar-refractivity contribution in [2.24, 2.45) is 0 Å². The van der Waals surface area contributed by atoms with Gasteiger partial charge in [0.25, 0.3) is 0 Å². The molecule has 2 saturated heterocycles. The number of anilines is 2. The van der Waals surface area contributed by atoms with Gasteiger partial charge in [-0.1, -0.05) is 30.3 Å². The molecule has 1 unspecified atom stereocenters. The smallest absolute Gasteiger partial charge is 0.332 e. The highest BCUT2D eigenvalue weighted by atomic mass is 16.5. The highest BCUT2D eigenvalue weighted by Gasteiger charge is 2.44. The van der Waals surface area contributed by atoms with Crippen LogP contribution in [0.5, 0.6) is 0 Å². The van der Waals surface area contributed by atoms with Gasteiger partial charge >= 0.3 is 5.97 Å². The van der Waals surface area contributed by atoms with Crippen molar-refractivity contribution in [3.63, 3.8) is 0 Å². The monoisotopic (exact) mass is 492 g/mol. The average molecular weight is 493 g/mol. The molecule has 192 valence electrons. The van der Waals surface area contributed by atoms with Crippen LogP contribution in [0.4, 0.5) is 11.4 Å². The predicted octanol–water partition coefficient (Wildman–Crippen LogP) is 3.33. The summed E-state index contributed by atoms with van der Waals surface area (Å²) >= 11 is 0. The fourth-order valence-electron chi connectivity index (χ4n) is 5.21. The van der Waals surface area contributed by atoms with Crippen LogP contribution in [0.2, 0.25) is 0 Å². The zero-order valence-corrected chi connectivity index (χ0v) is 21.0. The molecular weight excluding hydrogens is 456 g/mol. The van der Waals surface area contributed by atoms with Crippen LogP contribution in [0.15, 0.2) is 54.6 Å². The fourth-order valence-corrected chi connectivity index (χ4v) is 5.21. The maximum absolute atomic E-state index is 12.9. The summed E-state index contributed by atoms with van der Waals surface area (Å²) in [6.45, 7) is 3.92. The van der Waals surface area contributed by atoms with E-state index in [2.05, 4.69) is 20.4 Å². The Morgan fingerprint density at radius 3 is 2.31 bits per heavy atom. The number of nitrogens with zero attached hydrogens (tertiary/aromatic N) is 2. The normalized spacial score (nSPS) is 20.4. The number of hydrogen-bond donors (Lipinski definition) is 2. The molecule has 2 heterocycles. The van der Waals surface area contributed by atoms with Gasteiger partial charge in [0.05, 0.1) is 7.11 Å². The van der Waals surface area contributed by atoms with E-state index in [1.807, 2.05) is 54.6 Å². The number of likely N-dealkylation sites (tertiary alicyclic amines) is 1. The first-order valence-electron chi connectivity index (χ1n) is 12.8. The van der Waals surface area contributed by atoms with Crippen molar-refractivity contribution in [2.75, 3.05) is 43.5 Å². The predicted molar refractivity (Wildman–Crippen MR) is 140 cm³/mol. The van der Waals surface area contributed by atoms with E-state index in [1.54, 1.807) is 0 Å². The molecule has 2 aliphatic heterocycles. The molecule has 2 aliphatic rings. The number of ether oxygens (including phenoxy) is 1. The number of nitrogens with one attached hydrogen (secondary N) is 2. The molecule has 1 atom stereocenters. The number of methoxy groups -OCH3 is 1. The molecule has 36 heavy (non-hydrogen) atoms. The Morgan fingerprint density at radius 1 is 0.889 bits per heavy atom.